The molecular weight excluding hydrogens is 282 g/mol. The molecule has 0 bridgehead atoms. The van der Waals surface area contributed by atoms with E-state index in [9.17, 15) is 8.78 Å². The van der Waals surface area contributed by atoms with Gasteiger partial charge in [0.2, 0.25) is 0 Å². The minimum atomic E-state index is -0.679. The quantitative estimate of drug-likeness (QED) is 0.853. The largest absolute Gasteiger partial charge is 0.372 e. The summed E-state index contributed by atoms with van der Waals surface area (Å²) in [5.41, 5.74) is 1.91. The third-order valence-corrected chi connectivity index (χ3v) is 3.76. The highest BCUT2D eigenvalue weighted by molar-refractivity contribution is 5.68. The Hall–Kier alpha value is -2.67. The second-order valence-corrected chi connectivity index (χ2v) is 5.28. The van der Waals surface area contributed by atoms with Gasteiger partial charge in [-0.3, -0.25) is 0 Å². The van der Waals surface area contributed by atoms with E-state index in [-0.39, 0.29) is 11.1 Å². The molecule has 0 saturated heterocycles. The molecule has 0 aromatic heterocycles. The van der Waals surface area contributed by atoms with Crippen molar-refractivity contribution in [2.45, 2.75) is 13.0 Å². The summed E-state index contributed by atoms with van der Waals surface area (Å²) in [7, 11) is 0. The monoisotopic (exact) mass is 296 g/mol. The first-order valence-corrected chi connectivity index (χ1v) is 7.05. The molecule has 0 aliphatic carbocycles. The average molecular weight is 296 g/mol. The molecule has 0 N–H and O–H groups in total. The van der Waals surface area contributed by atoms with Crippen molar-refractivity contribution in [3.63, 3.8) is 0 Å². The molecule has 4 heteroatoms. The topological polar surface area (TPSA) is 27.0 Å². The Morgan fingerprint density at radius 3 is 2.59 bits per heavy atom. The summed E-state index contributed by atoms with van der Waals surface area (Å²) in [6.45, 7) is 1.51. The summed E-state index contributed by atoms with van der Waals surface area (Å²) in [5.74, 6) is -1.23. The minimum absolute atomic E-state index is 0.243. The zero-order valence-corrected chi connectivity index (χ0v) is 11.9. The van der Waals surface area contributed by atoms with Crippen LogP contribution in [0.25, 0.3) is 5.57 Å². The molecule has 0 fully saturated rings. The first-order chi connectivity index (χ1) is 10.7. The van der Waals surface area contributed by atoms with E-state index in [2.05, 4.69) is 4.90 Å². The molecule has 22 heavy (non-hydrogen) atoms. The fraction of sp³-hybridized carbons (Fsp3) is 0.167. The highest BCUT2D eigenvalue weighted by atomic mass is 19.1. The van der Waals surface area contributed by atoms with Crippen LogP contribution < -0.4 is 0 Å². The van der Waals surface area contributed by atoms with Crippen LogP contribution in [0.3, 0.4) is 0 Å². The van der Waals surface area contributed by atoms with Gasteiger partial charge in [-0.15, -0.1) is 0 Å². The van der Waals surface area contributed by atoms with Gasteiger partial charge in [0.05, 0.1) is 5.56 Å². The van der Waals surface area contributed by atoms with Gasteiger partial charge < -0.3 is 4.90 Å². The lowest BCUT2D eigenvalue weighted by atomic mass is 10.0. The van der Waals surface area contributed by atoms with Crippen LogP contribution in [0.15, 0.2) is 48.7 Å². The van der Waals surface area contributed by atoms with Crippen molar-refractivity contribution < 1.29 is 8.78 Å². The average Bonchev–Trinajstić information content (AvgIpc) is 2.98. The Kier molecular flexibility index (Phi) is 3.88. The number of benzene rings is 2. The molecule has 0 spiro atoms. The SMILES string of the molecule is N#Cc1cc(F)c(C2=CN(Cc3ccccc3)CC2)cc1F. The van der Waals surface area contributed by atoms with Crippen molar-refractivity contribution in [2.24, 2.45) is 0 Å². The van der Waals surface area contributed by atoms with Crippen LogP contribution >= 0.6 is 0 Å². The lowest BCUT2D eigenvalue weighted by molar-refractivity contribution is 0.400. The summed E-state index contributed by atoms with van der Waals surface area (Å²) in [4.78, 5) is 2.08. The van der Waals surface area contributed by atoms with E-state index in [1.54, 1.807) is 6.07 Å². The van der Waals surface area contributed by atoms with Crippen molar-refractivity contribution in [2.75, 3.05) is 6.54 Å². The molecule has 0 amide bonds. The highest BCUT2D eigenvalue weighted by Crippen LogP contribution is 2.29. The van der Waals surface area contributed by atoms with Crippen LogP contribution in [0.5, 0.6) is 0 Å². The lowest BCUT2D eigenvalue weighted by Crippen LogP contribution is -2.13. The van der Waals surface area contributed by atoms with Gasteiger partial charge in [0.15, 0.2) is 0 Å². The van der Waals surface area contributed by atoms with Crippen LogP contribution in [0.1, 0.15) is 23.1 Å². The summed E-state index contributed by atoms with van der Waals surface area (Å²) in [5, 5.41) is 8.73. The predicted octanol–water partition coefficient (Wildman–Crippen LogP) is 4.08. The Morgan fingerprint density at radius 1 is 1.09 bits per heavy atom. The Labute approximate surface area is 127 Å². The molecule has 2 aromatic carbocycles. The van der Waals surface area contributed by atoms with E-state index in [0.29, 0.717) is 6.42 Å². The molecule has 1 heterocycles. The van der Waals surface area contributed by atoms with Crippen molar-refractivity contribution in [1.29, 1.82) is 5.26 Å². The standard InChI is InChI=1S/C18H14F2N2/c19-17-9-16(18(20)8-15(17)10-21)14-6-7-22(12-14)11-13-4-2-1-3-5-13/h1-5,8-9,12H,6-7,11H2. The Balaban J connectivity index is 1.83. The second-order valence-electron chi connectivity index (χ2n) is 5.28. The molecule has 1 aliphatic heterocycles. The molecule has 0 saturated carbocycles. The molecule has 0 atom stereocenters. The number of halogens is 2. The van der Waals surface area contributed by atoms with Crippen molar-refractivity contribution in [3.8, 4) is 6.07 Å². The van der Waals surface area contributed by atoms with E-state index >= 15 is 0 Å². The molecular formula is C18H14F2N2. The Bertz CT molecular complexity index is 761. The van der Waals surface area contributed by atoms with Gasteiger partial charge in [-0.25, -0.2) is 8.78 Å². The fourth-order valence-corrected chi connectivity index (χ4v) is 2.64. The first-order valence-electron chi connectivity index (χ1n) is 7.05. The van der Waals surface area contributed by atoms with E-state index in [0.717, 1.165) is 30.8 Å². The van der Waals surface area contributed by atoms with Crippen LogP contribution in [-0.2, 0) is 6.54 Å². The van der Waals surface area contributed by atoms with Gasteiger partial charge in [0.1, 0.15) is 17.7 Å². The van der Waals surface area contributed by atoms with E-state index in [4.69, 9.17) is 5.26 Å². The first kappa shape index (κ1) is 14.3. The molecule has 3 rings (SSSR count). The lowest BCUT2D eigenvalue weighted by Gasteiger charge is -2.14. The summed E-state index contributed by atoms with van der Waals surface area (Å²) >= 11 is 0. The van der Waals surface area contributed by atoms with E-state index in [1.807, 2.05) is 36.5 Å². The number of rotatable bonds is 3. The maximum Gasteiger partial charge on any atom is 0.141 e. The zero-order chi connectivity index (χ0) is 15.5. The Morgan fingerprint density at radius 2 is 1.86 bits per heavy atom. The van der Waals surface area contributed by atoms with Gasteiger partial charge in [-0.1, -0.05) is 30.3 Å². The number of hydrogen-bond donors (Lipinski definition) is 0. The van der Waals surface area contributed by atoms with Crippen LogP contribution in [0.2, 0.25) is 0 Å². The van der Waals surface area contributed by atoms with Crippen LogP contribution in [0, 0.1) is 23.0 Å². The van der Waals surface area contributed by atoms with Gasteiger partial charge in [0, 0.05) is 24.9 Å². The predicted molar refractivity (Wildman–Crippen MR) is 80.5 cm³/mol. The molecule has 2 nitrogen and oxygen atoms in total. The van der Waals surface area contributed by atoms with Gasteiger partial charge in [0.25, 0.3) is 0 Å². The minimum Gasteiger partial charge on any atom is -0.372 e. The van der Waals surface area contributed by atoms with Gasteiger partial charge in [-0.2, -0.15) is 5.26 Å². The molecule has 1 aliphatic rings. The van der Waals surface area contributed by atoms with Crippen LogP contribution in [0.4, 0.5) is 8.78 Å². The molecule has 2 aromatic rings. The highest BCUT2D eigenvalue weighted by Gasteiger charge is 2.19. The number of hydrogen-bond acceptors (Lipinski definition) is 2. The fourth-order valence-electron chi connectivity index (χ4n) is 2.64. The maximum atomic E-state index is 14.0. The molecule has 0 radical (unpaired) electrons. The summed E-state index contributed by atoms with van der Waals surface area (Å²) in [6.07, 6.45) is 2.53. The second kappa shape index (κ2) is 5.98. The molecule has 110 valence electrons. The van der Waals surface area contributed by atoms with Crippen molar-refractivity contribution in [3.05, 3.63) is 77.0 Å². The third kappa shape index (κ3) is 2.84. The van der Waals surface area contributed by atoms with Crippen molar-refractivity contribution in [1.82, 2.24) is 4.90 Å². The smallest absolute Gasteiger partial charge is 0.141 e. The zero-order valence-electron chi connectivity index (χ0n) is 11.9. The number of nitriles is 1. The summed E-state index contributed by atoms with van der Waals surface area (Å²) in [6, 6.07) is 13.7. The van der Waals surface area contributed by atoms with E-state index in [1.165, 1.54) is 5.56 Å². The van der Waals surface area contributed by atoms with E-state index < -0.39 is 11.6 Å². The number of nitrogens with zero attached hydrogens (tertiary/aromatic N) is 2. The molecule has 0 unspecified atom stereocenters. The van der Waals surface area contributed by atoms with Gasteiger partial charge in [-0.05, 0) is 29.7 Å². The normalized spacial score (nSPS) is 13.9. The van der Waals surface area contributed by atoms with Crippen LogP contribution in [-0.4, -0.2) is 11.4 Å². The van der Waals surface area contributed by atoms with Crippen molar-refractivity contribution >= 4 is 5.57 Å². The third-order valence-electron chi connectivity index (χ3n) is 3.76. The maximum absolute atomic E-state index is 14.0. The summed E-state index contributed by atoms with van der Waals surface area (Å²) < 4.78 is 27.7. The van der Waals surface area contributed by atoms with Gasteiger partial charge >= 0.3 is 0 Å².